The first-order valence-corrected chi connectivity index (χ1v) is 8.25. The van der Waals surface area contributed by atoms with Crippen LogP contribution in [0.15, 0.2) is 0 Å². The first-order valence-electron chi connectivity index (χ1n) is 8.25. The minimum atomic E-state index is -0.670. The normalized spacial score (nSPS) is 32.2. The topological polar surface area (TPSA) is 69.8 Å². The van der Waals surface area contributed by atoms with E-state index >= 15 is 0 Å². The Bertz CT molecular complexity index is 359. The standard InChI is InChI=1S/C16H31N3O2/c1-12-4-5-13(17)10-14(12)15(20)19-8-6-18(7-9-19)11-16(2,3)21/h12-14,21H,4-11,17H2,1-3H3. The fourth-order valence-corrected chi connectivity index (χ4v) is 3.61. The van der Waals surface area contributed by atoms with Crippen LogP contribution in [0.3, 0.4) is 0 Å². The molecule has 2 rings (SSSR count). The molecule has 3 N–H and O–H groups in total. The Kier molecular flexibility index (Phi) is 5.28. The van der Waals surface area contributed by atoms with Gasteiger partial charge in [-0.25, -0.2) is 0 Å². The molecular formula is C16H31N3O2. The Morgan fingerprint density at radius 3 is 2.43 bits per heavy atom. The van der Waals surface area contributed by atoms with E-state index < -0.39 is 5.60 Å². The van der Waals surface area contributed by atoms with Crippen molar-refractivity contribution in [1.29, 1.82) is 0 Å². The first-order chi connectivity index (χ1) is 9.76. The molecule has 3 unspecified atom stereocenters. The van der Waals surface area contributed by atoms with Gasteiger partial charge in [0, 0.05) is 44.7 Å². The van der Waals surface area contributed by atoms with Crippen LogP contribution in [0.1, 0.15) is 40.0 Å². The number of hydrogen-bond acceptors (Lipinski definition) is 4. The quantitative estimate of drug-likeness (QED) is 0.803. The van der Waals surface area contributed by atoms with Gasteiger partial charge in [-0.15, -0.1) is 0 Å². The van der Waals surface area contributed by atoms with Gasteiger partial charge in [-0.1, -0.05) is 6.92 Å². The smallest absolute Gasteiger partial charge is 0.226 e. The van der Waals surface area contributed by atoms with E-state index in [0.717, 1.165) is 45.4 Å². The van der Waals surface area contributed by atoms with Crippen LogP contribution >= 0.6 is 0 Å². The summed E-state index contributed by atoms with van der Waals surface area (Å²) in [4.78, 5) is 16.9. The molecule has 1 aliphatic carbocycles. The minimum Gasteiger partial charge on any atom is -0.389 e. The van der Waals surface area contributed by atoms with Gasteiger partial charge >= 0.3 is 0 Å². The summed E-state index contributed by atoms with van der Waals surface area (Å²) < 4.78 is 0. The molecule has 5 heteroatoms. The molecule has 5 nitrogen and oxygen atoms in total. The molecule has 122 valence electrons. The summed E-state index contributed by atoms with van der Waals surface area (Å²) in [5.41, 5.74) is 5.37. The molecule has 1 aliphatic heterocycles. The third-order valence-electron chi connectivity index (χ3n) is 4.85. The Labute approximate surface area is 128 Å². The van der Waals surface area contributed by atoms with Gasteiger partial charge in [0.2, 0.25) is 5.91 Å². The highest BCUT2D eigenvalue weighted by atomic mass is 16.3. The van der Waals surface area contributed by atoms with E-state index in [1.807, 2.05) is 18.7 Å². The average molecular weight is 297 g/mol. The minimum absolute atomic E-state index is 0.106. The number of amides is 1. The van der Waals surface area contributed by atoms with Crippen LogP contribution in [-0.4, -0.2) is 65.2 Å². The molecule has 0 bridgehead atoms. The van der Waals surface area contributed by atoms with Gasteiger partial charge in [0.1, 0.15) is 0 Å². The fraction of sp³-hybridized carbons (Fsp3) is 0.938. The van der Waals surface area contributed by atoms with E-state index in [1.165, 1.54) is 0 Å². The lowest BCUT2D eigenvalue weighted by molar-refractivity contribution is -0.140. The first kappa shape index (κ1) is 16.7. The Morgan fingerprint density at radius 1 is 1.24 bits per heavy atom. The predicted octanol–water partition coefficient (Wildman–Crippen LogP) is 0.665. The molecule has 1 saturated heterocycles. The van der Waals surface area contributed by atoms with E-state index in [1.54, 1.807) is 0 Å². The Morgan fingerprint density at radius 2 is 1.86 bits per heavy atom. The van der Waals surface area contributed by atoms with Crippen molar-refractivity contribution in [3.05, 3.63) is 0 Å². The largest absolute Gasteiger partial charge is 0.389 e. The summed E-state index contributed by atoms with van der Waals surface area (Å²) in [5.74, 6) is 0.849. The molecule has 2 fully saturated rings. The molecule has 1 heterocycles. The summed E-state index contributed by atoms with van der Waals surface area (Å²) in [7, 11) is 0. The highest BCUT2D eigenvalue weighted by Crippen LogP contribution is 2.30. The second-order valence-electron chi connectivity index (χ2n) is 7.57. The molecule has 0 aromatic carbocycles. The third-order valence-corrected chi connectivity index (χ3v) is 4.85. The lowest BCUT2D eigenvalue weighted by Crippen LogP contribution is -2.54. The van der Waals surface area contributed by atoms with Crippen molar-refractivity contribution >= 4 is 5.91 Å². The van der Waals surface area contributed by atoms with E-state index in [4.69, 9.17) is 5.73 Å². The van der Waals surface area contributed by atoms with Crippen LogP contribution < -0.4 is 5.73 Å². The van der Waals surface area contributed by atoms with Crippen molar-refractivity contribution < 1.29 is 9.90 Å². The second-order valence-corrected chi connectivity index (χ2v) is 7.57. The SMILES string of the molecule is CC1CCC(N)CC1C(=O)N1CCN(CC(C)(C)O)CC1. The maximum Gasteiger partial charge on any atom is 0.226 e. The maximum atomic E-state index is 12.7. The third kappa shape index (κ3) is 4.66. The molecule has 1 amide bonds. The second kappa shape index (κ2) is 6.63. The van der Waals surface area contributed by atoms with E-state index in [0.29, 0.717) is 18.4 Å². The van der Waals surface area contributed by atoms with Gasteiger partial charge in [0.15, 0.2) is 0 Å². The summed E-state index contributed by atoms with van der Waals surface area (Å²) in [5, 5.41) is 9.88. The van der Waals surface area contributed by atoms with Crippen molar-refractivity contribution in [1.82, 2.24) is 9.80 Å². The van der Waals surface area contributed by atoms with Gasteiger partial charge in [0.05, 0.1) is 5.60 Å². The zero-order valence-corrected chi connectivity index (χ0v) is 13.7. The highest BCUT2D eigenvalue weighted by molar-refractivity contribution is 5.79. The maximum absolute atomic E-state index is 12.7. The molecule has 2 aliphatic rings. The lowest BCUT2D eigenvalue weighted by atomic mass is 9.77. The molecule has 1 saturated carbocycles. The van der Waals surface area contributed by atoms with E-state index in [9.17, 15) is 9.90 Å². The molecule has 21 heavy (non-hydrogen) atoms. The van der Waals surface area contributed by atoms with Gasteiger partial charge in [0.25, 0.3) is 0 Å². The van der Waals surface area contributed by atoms with Crippen LogP contribution in [0.2, 0.25) is 0 Å². The number of rotatable bonds is 3. The lowest BCUT2D eigenvalue weighted by Gasteiger charge is -2.40. The number of piperazine rings is 1. The number of β-amino-alcohol motifs (C(OH)–C–C–N with tert-alkyl or cyclic N) is 1. The average Bonchev–Trinajstić information content (AvgIpc) is 2.40. The monoisotopic (exact) mass is 297 g/mol. The Hall–Kier alpha value is -0.650. The van der Waals surface area contributed by atoms with Gasteiger partial charge in [-0.2, -0.15) is 0 Å². The van der Waals surface area contributed by atoms with Crippen molar-refractivity contribution in [3.8, 4) is 0 Å². The molecule has 0 aromatic heterocycles. The van der Waals surface area contributed by atoms with Crippen molar-refractivity contribution in [3.63, 3.8) is 0 Å². The van der Waals surface area contributed by atoms with Crippen molar-refractivity contribution in [2.75, 3.05) is 32.7 Å². The number of carbonyl (C=O) groups excluding carboxylic acids is 1. The summed E-state index contributed by atoms with van der Waals surface area (Å²) in [6.45, 7) is 9.75. The number of aliphatic hydroxyl groups is 1. The van der Waals surface area contributed by atoms with Crippen LogP contribution in [0.5, 0.6) is 0 Å². The Balaban J connectivity index is 1.85. The van der Waals surface area contributed by atoms with Gasteiger partial charge in [-0.05, 0) is 39.0 Å². The molecule has 3 atom stereocenters. The van der Waals surface area contributed by atoms with E-state index in [-0.39, 0.29) is 12.0 Å². The van der Waals surface area contributed by atoms with Gasteiger partial charge in [-0.3, -0.25) is 9.69 Å². The van der Waals surface area contributed by atoms with Crippen LogP contribution in [-0.2, 0) is 4.79 Å². The van der Waals surface area contributed by atoms with Crippen molar-refractivity contribution in [2.24, 2.45) is 17.6 Å². The predicted molar refractivity (Wildman–Crippen MR) is 83.8 cm³/mol. The molecule has 0 radical (unpaired) electrons. The summed E-state index contributed by atoms with van der Waals surface area (Å²) in [6, 6.07) is 0.187. The van der Waals surface area contributed by atoms with Gasteiger partial charge < -0.3 is 15.7 Å². The fourth-order valence-electron chi connectivity index (χ4n) is 3.61. The molecular weight excluding hydrogens is 266 g/mol. The van der Waals surface area contributed by atoms with E-state index in [2.05, 4.69) is 11.8 Å². The number of nitrogens with two attached hydrogens (primary N) is 1. The number of hydrogen-bond donors (Lipinski definition) is 2. The highest BCUT2D eigenvalue weighted by Gasteiger charge is 2.35. The zero-order chi connectivity index (χ0) is 15.6. The zero-order valence-electron chi connectivity index (χ0n) is 13.7. The van der Waals surface area contributed by atoms with Crippen LogP contribution in [0.4, 0.5) is 0 Å². The molecule has 0 aromatic rings. The van der Waals surface area contributed by atoms with Crippen LogP contribution in [0, 0.1) is 11.8 Å². The summed E-state index contributed by atoms with van der Waals surface area (Å²) >= 11 is 0. The summed E-state index contributed by atoms with van der Waals surface area (Å²) in [6.07, 6.45) is 2.95. The van der Waals surface area contributed by atoms with Crippen molar-refractivity contribution in [2.45, 2.75) is 51.7 Å². The molecule has 0 spiro atoms. The number of carbonyl (C=O) groups is 1. The van der Waals surface area contributed by atoms with Crippen LogP contribution in [0.25, 0.3) is 0 Å². The number of nitrogens with zero attached hydrogens (tertiary/aromatic N) is 2.